The van der Waals surface area contributed by atoms with Gasteiger partial charge in [-0.3, -0.25) is 9.59 Å². The van der Waals surface area contributed by atoms with Gasteiger partial charge in [-0.05, 0) is 42.3 Å². The minimum Gasteiger partial charge on any atom is -0.352 e. The van der Waals surface area contributed by atoms with Crippen molar-refractivity contribution in [2.24, 2.45) is 5.92 Å². The summed E-state index contributed by atoms with van der Waals surface area (Å²) < 4.78 is 13.3. The Labute approximate surface area is 191 Å². The van der Waals surface area contributed by atoms with E-state index in [-0.39, 0.29) is 17.6 Å². The second-order valence-corrected chi connectivity index (χ2v) is 9.23. The maximum atomic E-state index is 13.5. The molecule has 6 heteroatoms. The first-order chi connectivity index (χ1) is 15.4. The number of amides is 2. The fraction of sp³-hybridized carbons (Fsp3) is 0.231. The number of aryl methyl sites for hydroxylation is 1. The van der Waals surface area contributed by atoms with E-state index in [0.717, 1.165) is 27.3 Å². The quantitative estimate of drug-likeness (QED) is 0.571. The number of anilines is 1. The predicted octanol–water partition coefficient (Wildman–Crippen LogP) is 5.09. The lowest BCUT2D eigenvalue weighted by molar-refractivity contribution is -0.128. The standard InChI is InChI=1S/C26H25FN2O2S/c1-17-7-9-19(10-8-17)15-28-25(30)18(2)24-26(31)29(16-20-11-13-21(27)14-12-20)22-5-3-4-6-23(22)32-24/h3-14,18,24H,15-16H2,1-2H3,(H,28,30)/t18-,24+/m1/s1. The number of carbonyl (C=O) groups is 2. The van der Waals surface area contributed by atoms with Crippen LogP contribution in [0.25, 0.3) is 0 Å². The van der Waals surface area contributed by atoms with Crippen LogP contribution in [0.4, 0.5) is 10.1 Å². The minimum atomic E-state index is -0.539. The van der Waals surface area contributed by atoms with Crippen LogP contribution in [0.5, 0.6) is 0 Å². The number of halogens is 1. The van der Waals surface area contributed by atoms with Gasteiger partial charge in [-0.25, -0.2) is 4.39 Å². The number of benzene rings is 3. The fourth-order valence-electron chi connectivity index (χ4n) is 3.68. The summed E-state index contributed by atoms with van der Waals surface area (Å²) in [6, 6.07) is 21.8. The summed E-state index contributed by atoms with van der Waals surface area (Å²) in [5.41, 5.74) is 3.83. The van der Waals surface area contributed by atoms with Gasteiger partial charge in [-0.2, -0.15) is 0 Å². The lowest BCUT2D eigenvalue weighted by Gasteiger charge is -2.35. The van der Waals surface area contributed by atoms with E-state index in [1.807, 2.05) is 55.5 Å². The lowest BCUT2D eigenvalue weighted by atomic mass is 10.0. The van der Waals surface area contributed by atoms with Gasteiger partial charge in [0.05, 0.1) is 18.2 Å². The van der Waals surface area contributed by atoms with E-state index in [1.54, 1.807) is 24.0 Å². The molecule has 0 unspecified atom stereocenters. The van der Waals surface area contributed by atoms with Crippen LogP contribution < -0.4 is 10.2 Å². The molecule has 3 aromatic rings. The molecule has 2 amide bonds. The number of fused-ring (bicyclic) bond motifs is 1. The zero-order chi connectivity index (χ0) is 22.7. The van der Waals surface area contributed by atoms with Gasteiger partial charge in [0, 0.05) is 11.4 Å². The lowest BCUT2D eigenvalue weighted by Crippen LogP contribution is -2.47. The molecular weight excluding hydrogens is 423 g/mol. The van der Waals surface area contributed by atoms with E-state index >= 15 is 0 Å². The van der Waals surface area contributed by atoms with Crippen molar-refractivity contribution in [1.82, 2.24) is 5.32 Å². The third kappa shape index (κ3) is 4.86. The van der Waals surface area contributed by atoms with Gasteiger partial charge in [0.1, 0.15) is 11.1 Å². The molecule has 0 saturated heterocycles. The number of rotatable bonds is 6. The zero-order valence-corrected chi connectivity index (χ0v) is 18.9. The number of carbonyl (C=O) groups excluding carboxylic acids is 2. The van der Waals surface area contributed by atoms with Crippen LogP contribution >= 0.6 is 11.8 Å². The highest BCUT2D eigenvalue weighted by molar-refractivity contribution is 8.01. The van der Waals surface area contributed by atoms with Gasteiger partial charge in [0.25, 0.3) is 0 Å². The Morgan fingerprint density at radius 3 is 2.41 bits per heavy atom. The first kappa shape index (κ1) is 22.1. The molecule has 2 atom stereocenters. The molecule has 1 heterocycles. The van der Waals surface area contributed by atoms with E-state index in [0.29, 0.717) is 13.1 Å². The van der Waals surface area contributed by atoms with E-state index in [4.69, 9.17) is 0 Å². The topological polar surface area (TPSA) is 49.4 Å². The van der Waals surface area contributed by atoms with Crippen LogP contribution in [0.1, 0.15) is 23.6 Å². The van der Waals surface area contributed by atoms with Crippen molar-refractivity contribution in [2.45, 2.75) is 37.1 Å². The predicted molar refractivity (Wildman–Crippen MR) is 126 cm³/mol. The van der Waals surface area contributed by atoms with Gasteiger partial charge in [0.15, 0.2) is 0 Å². The average molecular weight is 449 g/mol. The van der Waals surface area contributed by atoms with Crippen molar-refractivity contribution in [2.75, 3.05) is 4.90 Å². The number of nitrogens with one attached hydrogen (secondary N) is 1. The summed E-state index contributed by atoms with van der Waals surface area (Å²) >= 11 is 1.43. The number of hydrogen-bond acceptors (Lipinski definition) is 3. The van der Waals surface area contributed by atoms with Crippen LogP contribution in [0.3, 0.4) is 0 Å². The zero-order valence-electron chi connectivity index (χ0n) is 18.0. The molecule has 1 N–H and O–H groups in total. The van der Waals surface area contributed by atoms with Gasteiger partial charge >= 0.3 is 0 Å². The summed E-state index contributed by atoms with van der Waals surface area (Å²) in [6.07, 6.45) is 0. The molecule has 0 aliphatic carbocycles. The summed E-state index contributed by atoms with van der Waals surface area (Å²) in [7, 11) is 0. The van der Waals surface area contributed by atoms with E-state index in [2.05, 4.69) is 5.32 Å². The molecule has 0 bridgehead atoms. The molecule has 1 aliphatic rings. The first-order valence-electron chi connectivity index (χ1n) is 10.6. The van der Waals surface area contributed by atoms with E-state index < -0.39 is 11.2 Å². The largest absolute Gasteiger partial charge is 0.352 e. The van der Waals surface area contributed by atoms with Crippen LogP contribution in [0, 0.1) is 18.7 Å². The highest BCUT2D eigenvalue weighted by Gasteiger charge is 2.39. The molecule has 4 nitrogen and oxygen atoms in total. The molecule has 3 aromatic carbocycles. The first-order valence-corrected chi connectivity index (χ1v) is 11.4. The Bertz CT molecular complexity index is 1120. The van der Waals surface area contributed by atoms with Gasteiger partial charge in [0.2, 0.25) is 11.8 Å². The number of para-hydroxylation sites is 1. The number of nitrogens with zero attached hydrogens (tertiary/aromatic N) is 1. The molecule has 4 rings (SSSR count). The van der Waals surface area contributed by atoms with Crippen LogP contribution in [0.15, 0.2) is 77.7 Å². The molecule has 0 aromatic heterocycles. The minimum absolute atomic E-state index is 0.115. The second-order valence-electron chi connectivity index (χ2n) is 8.05. The molecule has 32 heavy (non-hydrogen) atoms. The highest BCUT2D eigenvalue weighted by Crippen LogP contribution is 2.42. The summed E-state index contributed by atoms with van der Waals surface area (Å²) in [5, 5.41) is 2.43. The van der Waals surface area contributed by atoms with E-state index in [9.17, 15) is 14.0 Å². The monoisotopic (exact) mass is 448 g/mol. The van der Waals surface area contributed by atoms with Crippen molar-refractivity contribution in [3.05, 3.63) is 95.3 Å². The molecule has 164 valence electrons. The Morgan fingerprint density at radius 1 is 1.03 bits per heavy atom. The maximum absolute atomic E-state index is 13.5. The maximum Gasteiger partial charge on any atom is 0.241 e. The molecule has 0 radical (unpaired) electrons. The van der Waals surface area contributed by atoms with Gasteiger partial charge < -0.3 is 10.2 Å². The second kappa shape index (κ2) is 9.57. The van der Waals surface area contributed by atoms with Crippen molar-refractivity contribution in [1.29, 1.82) is 0 Å². The third-order valence-electron chi connectivity index (χ3n) is 5.63. The van der Waals surface area contributed by atoms with E-state index in [1.165, 1.54) is 23.9 Å². The molecular formula is C26H25FN2O2S. The molecule has 0 saturated carbocycles. The highest BCUT2D eigenvalue weighted by atomic mass is 32.2. The smallest absolute Gasteiger partial charge is 0.241 e. The molecule has 0 spiro atoms. The summed E-state index contributed by atoms with van der Waals surface area (Å²) in [6.45, 7) is 4.56. The fourth-order valence-corrected chi connectivity index (χ4v) is 4.97. The Kier molecular flexibility index (Phi) is 6.61. The van der Waals surface area contributed by atoms with Gasteiger partial charge in [-0.1, -0.05) is 61.0 Å². The van der Waals surface area contributed by atoms with Crippen molar-refractivity contribution < 1.29 is 14.0 Å². The SMILES string of the molecule is Cc1ccc(CNC(=O)[C@H](C)[C@@H]2Sc3ccccc3N(Cc3ccc(F)cc3)C2=O)cc1. The van der Waals surface area contributed by atoms with Crippen LogP contribution in [-0.4, -0.2) is 17.1 Å². The average Bonchev–Trinajstić information content (AvgIpc) is 2.81. The third-order valence-corrected chi connectivity index (χ3v) is 7.09. The Hall–Kier alpha value is -3.12. The Balaban J connectivity index is 1.51. The summed E-state index contributed by atoms with van der Waals surface area (Å²) in [5.74, 6) is -1.10. The van der Waals surface area contributed by atoms with Crippen molar-refractivity contribution in [3.63, 3.8) is 0 Å². The Morgan fingerprint density at radius 2 is 1.69 bits per heavy atom. The number of thioether (sulfide) groups is 1. The normalized spacial score (nSPS) is 16.4. The van der Waals surface area contributed by atoms with Crippen LogP contribution in [0.2, 0.25) is 0 Å². The van der Waals surface area contributed by atoms with Crippen molar-refractivity contribution in [3.8, 4) is 0 Å². The van der Waals surface area contributed by atoms with Crippen LogP contribution in [-0.2, 0) is 22.7 Å². The van der Waals surface area contributed by atoms with Crippen molar-refractivity contribution >= 4 is 29.3 Å². The summed E-state index contributed by atoms with van der Waals surface area (Å²) in [4.78, 5) is 29.0. The number of hydrogen-bond donors (Lipinski definition) is 1. The molecule has 1 aliphatic heterocycles. The van der Waals surface area contributed by atoms with Gasteiger partial charge in [-0.15, -0.1) is 11.8 Å². The molecule has 0 fully saturated rings.